The monoisotopic (exact) mass is 150 g/mol. The second-order valence-corrected chi connectivity index (χ2v) is 3.36. The van der Waals surface area contributed by atoms with Gasteiger partial charge in [-0.2, -0.15) is 0 Å². The smallest absolute Gasteiger partial charge is 0.0687 e. The SMILES string of the molecule is C=C/C=C1/COC2CCCC12. The second kappa shape index (κ2) is 2.82. The van der Waals surface area contributed by atoms with E-state index in [9.17, 15) is 0 Å². The molecule has 2 atom stereocenters. The molecule has 0 radical (unpaired) electrons. The van der Waals surface area contributed by atoms with E-state index in [0.717, 1.165) is 12.5 Å². The van der Waals surface area contributed by atoms with Gasteiger partial charge in [0.15, 0.2) is 0 Å². The molecule has 1 aliphatic heterocycles. The van der Waals surface area contributed by atoms with Gasteiger partial charge in [0.25, 0.3) is 0 Å². The van der Waals surface area contributed by atoms with E-state index in [0.29, 0.717) is 6.10 Å². The molecule has 1 saturated carbocycles. The van der Waals surface area contributed by atoms with E-state index in [1.807, 2.05) is 6.08 Å². The van der Waals surface area contributed by atoms with Crippen molar-refractivity contribution in [2.75, 3.05) is 6.61 Å². The molecular formula is C10H14O. The summed E-state index contributed by atoms with van der Waals surface area (Å²) in [5.41, 5.74) is 1.46. The van der Waals surface area contributed by atoms with E-state index in [1.54, 1.807) is 0 Å². The maximum atomic E-state index is 5.63. The lowest BCUT2D eigenvalue weighted by Crippen LogP contribution is -2.07. The zero-order chi connectivity index (χ0) is 7.68. The Bertz CT molecular complexity index is 193. The summed E-state index contributed by atoms with van der Waals surface area (Å²) in [6.45, 7) is 4.55. The maximum absolute atomic E-state index is 5.63. The summed E-state index contributed by atoms with van der Waals surface area (Å²) in [6, 6.07) is 0. The number of hydrogen-bond donors (Lipinski definition) is 0. The van der Waals surface area contributed by atoms with Crippen LogP contribution in [0.25, 0.3) is 0 Å². The molecule has 0 spiro atoms. The van der Waals surface area contributed by atoms with Gasteiger partial charge in [-0.25, -0.2) is 0 Å². The molecule has 2 unspecified atom stereocenters. The Kier molecular flexibility index (Phi) is 1.82. The van der Waals surface area contributed by atoms with Crippen molar-refractivity contribution in [2.24, 2.45) is 5.92 Å². The molecule has 2 aliphatic rings. The second-order valence-electron chi connectivity index (χ2n) is 3.36. The lowest BCUT2D eigenvalue weighted by atomic mass is 9.99. The van der Waals surface area contributed by atoms with Crippen molar-refractivity contribution in [3.63, 3.8) is 0 Å². The summed E-state index contributed by atoms with van der Waals surface area (Å²) >= 11 is 0. The van der Waals surface area contributed by atoms with Gasteiger partial charge in [0.05, 0.1) is 12.7 Å². The molecule has 0 aromatic carbocycles. The normalized spacial score (nSPS) is 39.5. The van der Waals surface area contributed by atoms with E-state index < -0.39 is 0 Å². The molecule has 1 aliphatic carbocycles. The lowest BCUT2D eigenvalue weighted by Gasteiger charge is -2.06. The topological polar surface area (TPSA) is 9.23 Å². The van der Waals surface area contributed by atoms with Crippen molar-refractivity contribution in [1.82, 2.24) is 0 Å². The summed E-state index contributed by atoms with van der Waals surface area (Å²) in [5, 5.41) is 0. The molecule has 11 heavy (non-hydrogen) atoms. The number of rotatable bonds is 1. The van der Waals surface area contributed by atoms with Crippen LogP contribution in [0.1, 0.15) is 19.3 Å². The largest absolute Gasteiger partial charge is 0.373 e. The van der Waals surface area contributed by atoms with Gasteiger partial charge in [-0.3, -0.25) is 0 Å². The molecule has 60 valence electrons. The van der Waals surface area contributed by atoms with E-state index in [2.05, 4.69) is 12.7 Å². The Morgan fingerprint density at radius 3 is 3.18 bits per heavy atom. The van der Waals surface area contributed by atoms with E-state index in [1.165, 1.54) is 24.8 Å². The number of ether oxygens (including phenoxy) is 1. The third kappa shape index (κ3) is 1.14. The predicted octanol–water partition coefficient (Wildman–Crippen LogP) is 2.30. The van der Waals surface area contributed by atoms with Crippen molar-refractivity contribution in [3.05, 3.63) is 24.3 Å². The van der Waals surface area contributed by atoms with Crippen LogP contribution in [-0.2, 0) is 4.74 Å². The van der Waals surface area contributed by atoms with Crippen LogP contribution in [0.4, 0.5) is 0 Å². The molecule has 2 fully saturated rings. The molecular weight excluding hydrogens is 136 g/mol. The maximum Gasteiger partial charge on any atom is 0.0687 e. The van der Waals surface area contributed by atoms with Gasteiger partial charge < -0.3 is 4.74 Å². The third-order valence-corrected chi connectivity index (χ3v) is 2.72. The number of fused-ring (bicyclic) bond motifs is 1. The highest BCUT2D eigenvalue weighted by molar-refractivity contribution is 5.20. The molecule has 1 nitrogen and oxygen atoms in total. The Morgan fingerprint density at radius 1 is 1.45 bits per heavy atom. The molecule has 0 aromatic heterocycles. The number of hydrogen-bond acceptors (Lipinski definition) is 1. The molecule has 0 bridgehead atoms. The van der Waals surface area contributed by atoms with Crippen LogP contribution >= 0.6 is 0 Å². The van der Waals surface area contributed by atoms with Gasteiger partial charge in [0.1, 0.15) is 0 Å². The van der Waals surface area contributed by atoms with Crippen LogP contribution in [0.2, 0.25) is 0 Å². The summed E-state index contributed by atoms with van der Waals surface area (Å²) in [7, 11) is 0. The van der Waals surface area contributed by atoms with Crippen LogP contribution in [0.15, 0.2) is 24.3 Å². The Balaban J connectivity index is 2.14. The van der Waals surface area contributed by atoms with Crippen molar-refractivity contribution in [3.8, 4) is 0 Å². The van der Waals surface area contributed by atoms with Gasteiger partial charge in [-0.05, 0) is 18.4 Å². The first kappa shape index (κ1) is 7.11. The minimum Gasteiger partial charge on any atom is -0.373 e. The molecule has 1 heteroatoms. The van der Waals surface area contributed by atoms with Crippen LogP contribution in [-0.4, -0.2) is 12.7 Å². The van der Waals surface area contributed by atoms with Crippen molar-refractivity contribution in [1.29, 1.82) is 0 Å². The summed E-state index contributed by atoms with van der Waals surface area (Å²) in [5.74, 6) is 0.730. The average molecular weight is 150 g/mol. The van der Waals surface area contributed by atoms with Gasteiger partial charge in [0, 0.05) is 5.92 Å². The highest BCUT2D eigenvalue weighted by Gasteiger charge is 2.35. The van der Waals surface area contributed by atoms with Gasteiger partial charge in [-0.1, -0.05) is 25.2 Å². The fourth-order valence-electron chi connectivity index (χ4n) is 2.18. The first-order valence-corrected chi connectivity index (χ1v) is 4.35. The van der Waals surface area contributed by atoms with Gasteiger partial charge in [-0.15, -0.1) is 0 Å². The minimum atomic E-state index is 0.543. The minimum absolute atomic E-state index is 0.543. The van der Waals surface area contributed by atoms with Gasteiger partial charge >= 0.3 is 0 Å². The quantitative estimate of drug-likeness (QED) is 0.557. The van der Waals surface area contributed by atoms with E-state index in [4.69, 9.17) is 4.74 Å². The molecule has 2 rings (SSSR count). The zero-order valence-electron chi connectivity index (χ0n) is 6.75. The fraction of sp³-hybridized carbons (Fsp3) is 0.600. The summed E-state index contributed by atoms with van der Waals surface area (Å²) < 4.78 is 5.63. The Labute approximate surface area is 67.7 Å². The highest BCUT2D eigenvalue weighted by Crippen LogP contribution is 2.38. The van der Waals surface area contributed by atoms with Gasteiger partial charge in [0.2, 0.25) is 0 Å². The van der Waals surface area contributed by atoms with Crippen LogP contribution in [0.5, 0.6) is 0 Å². The van der Waals surface area contributed by atoms with Crippen molar-refractivity contribution < 1.29 is 4.74 Å². The fourth-order valence-corrected chi connectivity index (χ4v) is 2.18. The summed E-state index contributed by atoms with van der Waals surface area (Å²) in [6.07, 6.45) is 8.46. The average Bonchev–Trinajstić information content (AvgIpc) is 2.53. The van der Waals surface area contributed by atoms with Crippen molar-refractivity contribution >= 4 is 0 Å². The van der Waals surface area contributed by atoms with Crippen LogP contribution < -0.4 is 0 Å². The molecule has 0 N–H and O–H groups in total. The standard InChI is InChI=1S/C10H14O/c1-2-4-8-7-11-10-6-3-5-9(8)10/h2,4,9-10H,1,3,5-7H2/b8-4-. The summed E-state index contributed by atoms with van der Waals surface area (Å²) in [4.78, 5) is 0. The third-order valence-electron chi connectivity index (χ3n) is 2.72. The molecule has 1 saturated heterocycles. The van der Waals surface area contributed by atoms with E-state index >= 15 is 0 Å². The molecule has 0 amide bonds. The molecule has 1 heterocycles. The Morgan fingerprint density at radius 2 is 2.36 bits per heavy atom. The highest BCUT2D eigenvalue weighted by atomic mass is 16.5. The van der Waals surface area contributed by atoms with E-state index in [-0.39, 0.29) is 0 Å². The molecule has 0 aromatic rings. The zero-order valence-corrected chi connectivity index (χ0v) is 6.75. The first-order chi connectivity index (χ1) is 5.42. The predicted molar refractivity (Wildman–Crippen MR) is 45.4 cm³/mol. The van der Waals surface area contributed by atoms with Crippen LogP contribution in [0, 0.1) is 5.92 Å². The lowest BCUT2D eigenvalue weighted by molar-refractivity contribution is 0.104. The number of allylic oxidation sites excluding steroid dienone is 2. The Hall–Kier alpha value is -0.560. The van der Waals surface area contributed by atoms with Crippen molar-refractivity contribution in [2.45, 2.75) is 25.4 Å². The van der Waals surface area contributed by atoms with Crippen LogP contribution in [0.3, 0.4) is 0 Å². The first-order valence-electron chi connectivity index (χ1n) is 4.35.